The fraction of sp³-hybridized carbons (Fsp3) is 0.261. The lowest BCUT2D eigenvalue weighted by molar-refractivity contribution is 0.0600. The van der Waals surface area contributed by atoms with Gasteiger partial charge in [-0.15, -0.1) is 0 Å². The molecule has 0 saturated carbocycles. The van der Waals surface area contributed by atoms with E-state index in [1.165, 1.54) is 12.1 Å². The summed E-state index contributed by atoms with van der Waals surface area (Å²) in [6.07, 6.45) is 4.55. The Balaban J connectivity index is 1.69. The summed E-state index contributed by atoms with van der Waals surface area (Å²) in [7, 11) is 0. The molecule has 1 aromatic carbocycles. The van der Waals surface area contributed by atoms with Crippen molar-refractivity contribution in [2.24, 2.45) is 0 Å². The van der Waals surface area contributed by atoms with Crippen LogP contribution in [0.15, 0.2) is 60.8 Å². The zero-order valence-electron chi connectivity index (χ0n) is 15.8. The Morgan fingerprint density at radius 2 is 1.89 bits per heavy atom. The van der Waals surface area contributed by atoms with E-state index in [4.69, 9.17) is 4.98 Å². The van der Waals surface area contributed by atoms with Gasteiger partial charge in [0.2, 0.25) is 0 Å². The van der Waals surface area contributed by atoms with Crippen molar-refractivity contribution < 1.29 is 9.18 Å². The normalized spacial score (nSPS) is 16.8. The van der Waals surface area contributed by atoms with E-state index in [0.717, 1.165) is 41.8 Å². The lowest BCUT2D eigenvalue weighted by Gasteiger charge is -2.35. The lowest BCUT2D eigenvalue weighted by Crippen LogP contribution is -2.39. The molecule has 5 heteroatoms. The minimum Gasteiger partial charge on any atom is -0.329 e. The van der Waals surface area contributed by atoms with Gasteiger partial charge in [0.25, 0.3) is 5.91 Å². The van der Waals surface area contributed by atoms with Crippen LogP contribution in [0.3, 0.4) is 0 Å². The Morgan fingerprint density at radius 3 is 2.64 bits per heavy atom. The van der Waals surface area contributed by atoms with E-state index in [1.54, 1.807) is 24.4 Å². The molecule has 0 radical (unpaired) electrons. The van der Waals surface area contributed by atoms with Crippen LogP contribution in [0.5, 0.6) is 0 Å². The smallest absolute Gasteiger partial charge is 0.273 e. The van der Waals surface area contributed by atoms with Gasteiger partial charge in [-0.2, -0.15) is 0 Å². The van der Waals surface area contributed by atoms with Crippen LogP contribution in [-0.4, -0.2) is 27.3 Å². The summed E-state index contributed by atoms with van der Waals surface area (Å²) < 4.78 is 13.3. The van der Waals surface area contributed by atoms with Gasteiger partial charge in [0.1, 0.15) is 11.5 Å². The minimum absolute atomic E-state index is 0.0584. The maximum absolute atomic E-state index is 13.3. The Hall–Kier alpha value is -3.08. The first-order valence-electron chi connectivity index (χ1n) is 9.58. The molecule has 28 heavy (non-hydrogen) atoms. The summed E-state index contributed by atoms with van der Waals surface area (Å²) in [6, 6.07) is 15.8. The van der Waals surface area contributed by atoms with Gasteiger partial charge < -0.3 is 4.90 Å². The monoisotopic (exact) mass is 375 g/mol. The highest BCUT2D eigenvalue weighted by molar-refractivity contribution is 5.92. The van der Waals surface area contributed by atoms with Crippen LogP contribution in [0, 0.1) is 12.7 Å². The molecule has 2 aromatic heterocycles. The van der Waals surface area contributed by atoms with E-state index in [0.29, 0.717) is 12.2 Å². The third-order valence-corrected chi connectivity index (χ3v) is 5.14. The molecule has 142 valence electrons. The topological polar surface area (TPSA) is 46.1 Å². The number of amides is 1. The second-order valence-electron chi connectivity index (χ2n) is 7.15. The molecule has 3 heterocycles. The third kappa shape index (κ3) is 3.79. The van der Waals surface area contributed by atoms with Crippen LogP contribution in [0.2, 0.25) is 0 Å². The summed E-state index contributed by atoms with van der Waals surface area (Å²) in [6.45, 7) is 2.64. The van der Waals surface area contributed by atoms with Gasteiger partial charge in [0, 0.05) is 18.4 Å². The third-order valence-electron chi connectivity index (χ3n) is 5.14. The highest BCUT2D eigenvalue weighted by Gasteiger charge is 2.30. The Morgan fingerprint density at radius 1 is 1.07 bits per heavy atom. The van der Waals surface area contributed by atoms with Gasteiger partial charge >= 0.3 is 0 Å². The summed E-state index contributed by atoms with van der Waals surface area (Å²) in [5.74, 6) is -0.314. The number of benzene rings is 1. The molecule has 0 spiro atoms. The molecule has 4 rings (SSSR count). The molecule has 4 nitrogen and oxygen atoms in total. The predicted molar refractivity (Wildman–Crippen MR) is 106 cm³/mol. The van der Waals surface area contributed by atoms with Crippen molar-refractivity contribution in [1.82, 2.24) is 14.9 Å². The molecule has 1 saturated heterocycles. The van der Waals surface area contributed by atoms with Crippen molar-refractivity contribution >= 4 is 5.91 Å². The van der Waals surface area contributed by atoms with E-state index >= 15 is 0 Å². The van der Waals surface area contributed by atoms with Gasteiger partial charge in [0.15, 0.2) is 0 Å². The molecule has 0 bridgehead atoms. The first-order valence-corrected chi connectivity index (χ1v) is 9.58. The quantitative estimate of drug-likeness (QED) is 0.650. The average molecular weight is 375 g/mol. The molecule has 1 amide bonds. The highest BCUT2D eigenvalue weighted by atomic mass is 19.1. The summed E-state index contributed by atoms with van der Waals surface area (Å²) in [5, 5.41) is 0. The number of carbonyl (C=O) groups excluding carboxylic acids is 1. The molecular formula is C23H22FN3O. The molecule has 0 aliphatic carbocycles. The SMILES string of the molecule is Cc1cc(-c2ccc(F)cc2)cc(C2CCCCN2C(=O)c2ccccn2)n1. The van der Waals surface area contributed by atoms with Crippen molar-refractivity contribution in [2.45, 2.75) is 32.2 Å². The van der Waals surface area contributed by atoms with Crippen LogP contribution in [0.1, 0.15) is 47.2 Å². The first kappa shape index (κ1) is 18.3. The van der Waals surface area contributed by atoms with Crippen molar-refractivity contribution in [2.75, 3.05) is 6.54 Å². The van der Waals surface area contributed by atoms with Crippen molar-refractivity contribution in [3.8, 4) is 11.1 Å². The fourth-order valence-corrected chi connectivity index (χ4v) is 3.79. The number of rotatable bonds is 3. The second-order valence-corrected chi connectivity index (χ2v) is 7.15. The predicted octanol–water partition coefficient (Wildman–Crippen LogP) is 4.96. The maximum atomic E-state index is 13.3. The number of piperidine rings is 1. The summed E-state index contributed by atoms with van der Waals surface area (Å²) in [5.41, 5.74) is 4.14. The Kier molecular flexibility index (Phi) is 5.15. The van der Waals surface area contributed by atoms with E-state index in [1.807, 2.05) is 36.1 Å². The number of hydrogen-bond donors (Lipinski definition) is 0. The molecule has 1 aliphatic rings. The van der Waals surface area contributed by atoms with Crippen molar-refractivity contribution in [3.63, 3.8) is 0 Å². The van der Waals surface area contributed by atoms with Crippen LogP contribution < -0.4 is 0 Å². The number of aryl methyl sites for hydroxylation is 1. The highest BCUT2D eigenvalue weighted by Crippen LogP contribution is 2.33. The maximum Gasteiger partial charge on any atom is 0.273 e. The van der Waals surface area contributed by atoms with Crippen LogP contribution in [0.25, 0.3) is 11.1 Å². The second kappa shape index (κ2) is 7.89. The van der Waals surface area contributed by atoms with E-state index in [2.05, 4.69) is 4.98 Å². The van der Waals surface area contributed by atoms with Crippen LogP contribution >= 0.6 is 0 Å². The molecule has 3 aromatic rings. The van der Waals surface area contributed by atoms with Crippen LogP contribution in [-0.2, 0) is 0 Å². The van der Waals surface area contributed by atoms with Crippen molar-refractivity contribution in [3.05, 3.63) is 83.7 Å². The van der Waals surface area contributed by atoms with E-state index in [-0.39, 0.29) is 17.8 Å². The standard InChI is InChI=1S/C23H22FN3O/c1-16-14-18(17-8-10-19(24)11-9-17)15-21(26-16)22-7-3-5-13-27(22)23(28)20-6-2-4-12-25-20/h2,4,6,8-12,14-15,22H,3,5,7,13H2,1H3. The lowest BCUT2D eigenvalue weighted by atomic mass is 9.95. The number of aromatic nitrogens is 2. The van der Waals surface area contributed by atoms with Crippen molar-refractivity contribution in [1.29, 1.82) is 0 Å². The Labute approximate surface area is 164 Å². The molecular weight excluding hydrogens is 353 g/mol. The van der Waals surface area contributed by atoms with Gasteiger partial charge in [0.05, 0.1) is 11.7 Å². The molecule has 1 aliphatic heterocycles. The van der Waals surface area contributed by atoms with Gasteiger partial charge in [-0.3, -0.25) is 14.8 Å². The van der Waals surface area contributed by atoms with Gasteiger partial charge in [-0.25, -0.2) is 4.39 Å². The molecule has 1 atom stereocenters. The number of carbonyl (C=O) groups is 1. The summed E-state index contributed by atoms with van der Waals surface area (Å²) in [4.78, 5) is 23.9. The zero-order chi connectivity index (χ0) is 19.5. The fourth-order valence-electron chi connectivity index (χ4n) is 3.79. The van der Waals surface area contributed by atoms with Gasteiger partial charge in [-0.05, 0) is 73.7 Å². The minimum atomic E-state index is -0.255. The molecule has 1 fully saturated rings. The van der Waals surface area contributed by atoms with Gasteiger partial charge in [-0.1, -0.05) is 18.2 Å². The number of nitrogens with zero attached hydrogens (tertiary/aromatic N) is 3. The number of likely N-dealkylation sites (tertiary alicyclic amines) is 1. The largest absolute Gasteiger partial charge is 0.329 e. The summed E-state index contributed by atoms with van der Waals surface area (Å²) >= 11 is 0. The zero-order valence-corrected chi connectivity index (χ0v) is 15.8. The Bertz CT molecular complexity index is 973. The van der Waals surface area contributed by atoms with E-state index in [9.17, 15) is 9.18 Å². The molecule has 0 N–H and O–H groups in total. The first-order chi connectivity index (χ1) is 13.6. The van der Waals surface area contributed by atoms with E-state index < -0.39 is 0 Å². The average Bonchev–Trinajstić information content (AvgIpc) is 2.74. The molecule has 1 unspecified atom stereocenters. The number of halogens is 1. The number of pyridine rings is 2. The van der Waals surface area contributed by atoms with Crippen LogP contribution in [0.4, 0.5) is 4.39 Å². The number of hydrogen-bond acceptors (Lipinski definition) is 3.